The van der Waals surface area contributed by atoms with E-state index in [0.29, 0.717) is 15.9 Å². The average Bonchev–Trinajstić information content (AvgIpc) is 3.01. The van der Waals surface area contributed by atoms with Gasteiger partial charge in [0, 0.05) is 27.3 Å². The minimum absolute atomic E-state index is 0.193. The number of aromatic nitrogens is 2. The van der Waals surface area contributed by atoms with E-state index in [1.54, 1.807) is 23.9 Å². The lowest BCUT2D eigenvalue weighted by Gasteiger charge is -2.01. The summed E-state index contributed by atoms with van der Waals surface area (Å²) in [4.78, 5) is 16.5. The van der Waals surface area contributed by atoms with Crippen LogP contribution in [0.15, 0.2) is 64.2 Å². The van der Waals surface area contributed by atoms with Gasteiger partial charge in [-0.1, -0.05) is 64.1 Å². The van der Waals surface area contributed by atoms with E-state index in [-0.39, 0.29) is 5.91 Å². The van der Waals surface area contributed by atoms with Gasteiger partial charge in [0.05, 0.1) is 0 Å². The molecule has 0 aliphatic carbocycles. The number of thioether (sulfide) groups is 1. The highest BCUT2D eigenvalue weighted by molar-refractivity contribution is 9.10. The number of carbonyl (C=O) groups is 1. The summed E-state index contributed by atoms with van der Waals surface area (Å²) in [5.74, 6) is 0.610. The second-order valence-electron chi connectivity index (χ2n) is 4.62. The van der Waals surface area contributed by atoms with E-state index < -0.39 is 0 Å². The smallest absolute Gasteiger partial charge is 0.257 e. The quantitative estimate of drug-likeness (QED) is 0.616. The molecule has 1 aromatic heterocycles. The number of hydrogen-bond acceptors (Lipinski definition) is 5. The van der Waals surface area contributed by atoms with Gasteiger partial charge in [0.1, 0.15) is 0 Å². The minimum atomic E-state index is -0.193. The van der Waals surface area contributed by atoms with Crippen LogP contribution in [0.1, 0.15) is 15.9 Å². The Bertz CT molecular complexity index is 808. The minimum Gasteiger partial charge on any atom is -0.297 e. The first-order chi connectivity index (χ1) is 11.2. The van der Waals surface area contributed by atoms with Crippen molar-refractivity contribution >= 4 is 50.3 Å². The lowest BCUT2D eigenvalue weighted by molar-refractivity contribution is 0.102. The van der Waals surface area contributed by atoms with Gasteiger partial charge in [0.2, 0.25) is 10.3 Å². The Morgan fingerprint density at radius 1 is 1.17 bits per heavy atom. The number of hydrogen-bond donors (Lipinski definition) is 1. The van der Waals surface area contributed by atoms with E-state index in [9.17, 15) is 4.79 Å². The zero-order valence-electron chi connectivity index (χ0n) is 11.9. The summed E-state index contributed by atoms with van der Waals surface area (Å²) in [6, 6.07) is 17.4. The number of nitrogens with zero attached hydrogens (tertiary/aromatic N) is 2. The molecular formula is C16H12BrN3OS2. The Labute approximate surface area is 150 Å². The van der Waals surface area contributed by atoms with E-state index >= 15 is 0 Å². The highest BCUT2D eigenvalue weighted by Crippen LogP contribution is 2.24. The molecule has 1 N–H and O–H groups in total. The molecule has 3 rings (SSSR count). The van der Waals surface area contributed by atoms with Gasteiger partial charge in [-0.25, -0.2) is 0 Å². The zero-order valence-corrected chi connectivity index (χ0v) is 15.1. The Kier molecular flexibility index (Phi) is 5.43. The first-order valence-corrected chi connectivity index (χ1v) is 9.33. The largest absolute Gasteiger partial charge is 0.297 e. The van der Waals surface area contributed by atoms with Crippen LogP contribution >= 0.6 is 39.2 Å². The van der Waals surface area contributed by atoms with Crippen LogP contribution in [0.3, 0.4) is 0 Å². The topological polar surface area (TPSA) is 54.9 Å². The molecule has 0 bridgehead atoms. The maximum Gasteiger partial charge on any atom is 0.257 e. The molecule has 0 radical (unpaired) electrons. The second kappa shape index (κ2) is 7.72. The number of rotatable bonds is 5. The highest BCUT2D eigenvalue weighted by Gasteiger charge is 2.10. The summed E-state index contributed by atoms with van der Waals surface area (Å²) in [6.45, 7) is 0. The van der Waals surface area contributed by atoms with Crippen LogP contribution in [-0.2, 0) is 5.75 Å². The van der Waals surface area contributed by atoms with Crippen molar-refractivity contribution in [2.45, 2.75) is 10.9 Å². The second-order valence-corrected chi connectivity index (χ2v) is 7.23. The van der Waals surface area contributed by atoms with Gasteiger partial charge in [-0.2, -0.15) is 9.36 Å². The van der Waals surface area contributed by atoms with E-state index in [1.165, 1.54) is 17.1 Å². The van der Waals surface area contributed by atoms with Crippen molar-refractivity contribution in [1.82, 2.24) is 9.36 Å². The predicted molar refractivity (Wildman–Crippen MR) is 98.0 cm³/mol. The molecule has 23 heavy (non-hydrogen) atoms. The summed E-state index contributed by atoms with van der Waals surface area (Å²) in [5.41, 5.74) is 1.79. The van der Waals surface area contributed by atoms with Gasteiger partial charge in [0.15, 0.2) is 0 Å². The Morgan fingerprint density at radius 3 is 2.78 bits per heavy atom. The third-order valence-electron chi connectivity index (χ3n) is 2.93. The van der Waals surface area contributed by atoms with Crippen molar-refractivity contribution in [1.29, 1.82) is 0 Å². The molecule has 116 valence electrons. The van der Waals surface area contributed by atoms with E-state index in [0.717, 1.165) is 10.2 Å². The summed E-state index contributed by atoms with van der Waals surface area (Å²) in [6.07, 6.45) is 0. The first-order valence-electron chi connectivity index (χ1n) is 6.78. The molecule has 0 fully saturated rings. The molecule has 1 heterocycles. The maximum absolute atomic E-state index is 12.2. The van der Waals surface area contributed by atoms with Crippen LogP contribution in [0.5, 0.6) is 0 Å². The van der Waals surface area contributed by atoms with Crippen LogP contribution in [0.2, 0.25) is 0 Å². The number of nitrogens with one attached hydrogen (secondary N) is 1. The van der Waals surface area contributed by atoms with Crippen LogP contribution in [0, 0.1) is 0 Å². The molecule has 0 atom stereocenters. The van der Waals surface area contributed by atoms with E-state index in [2.05, 4.69) is 42.7 Å². The van der Waals surface area contributed by atoms with Crippen LogP contribution < -0.4 is 5.32 Å². The number of halogens is 1. The van der Waals surface area contributed by atoms with Gasteiger partial charge in [-0.15, -0.1) is 0 Å². The van der Waals surface area contributed by atoms with Crippen molar-refractivity contribution in [3.05, 3.63) is 70.2 Å². The van der Waals surface area contributed by atoms with Crippen LogP contribution in [0.4, 0.5) is 5.13 Å². The van der Waals surface area contributed by atoms with Gasteiger partial charge in [0.25, 0.3) is 5.91 Å². The molecule has 2 aromatic carbocycles. The SMILES string of the molecule is O=C(Nc1nc(SCc2ccccc2)ns1)c1cccc(Br)c1. The number of carbonyl (C=O) groups excluding carboxylic acids is 1. The van der Waals surface area contributed by atoms with Gasteiger partial charge in [-0.05, 0) is 23.8 Å². The Hall–Kier alpha value is -1.70. The van der Waals surface area contributed by atoms with Gasteiger partial charge < -0.3 is 0 Å². The van der Waals surface area contributed by atoms with E-state index in [1.807, 2.05) is 30.3 Å². The van der Waals surface area contributed by atoms with Crippen molar-refractivity contribution in [3.63, 3.8) is 0 Å². The molecule has 1 amide bonds. The van der Waals surface area contributed by atoms with Crippen molar-refractivity contribution in [3.8, 4) is 0 Å². The number of amides is 1. The zero-order chi connectivity index (χ0) is 16.1. The molecular weight excluding hydrogens is 394 g/mol. The summed E-state index contributed by atoms with van der Waals surface area (Å²) in [7, 11) is 0. The molecule has 4 nitrogen and oxygen atoms in total. The number of anilines is 1. The summed E-state index contributed by atoms with van der Waals surface area (Å²) < 4.78 is 5.13. The standard InChI is InChI=1S/C16H12BrN3OS2/c17-13-8-4-7-12(9-13)14(21)18-15-19-16(20-23-15)22-10-11-5-2-1-3-6-11/h1-9H,10H2,(H,18,19,20,21). The summed E-state index contributed by atoms with van der Waals surface area (Å²) in [5, 5.41) is 3.95. The molecule has 0 saturated heterocycles. The van der Waals surface area contributed by atoms with Crippen molar-refractivity contribution in [2.24, 2.45) is 0 Å². The average molecular weight is 406 g/mol. The van der Waals surface area contributed by atoms with Crippen molar-refractivity contribution in [2.75, 3.05) is 5.32 Å². The highest BCUT2D eigenvalue weighted by atomic mass is 79.9. The molecule has 0 aliphatic heterocycles. The fraction of sp³-hybridized carbons (Fsp3) is 0.0625. The Balaban J connectivity index is 1.60. The monoisotopic (exact) mass is 405 g/mol. The third-order valence-corrected chi connectivity index (χ3v) is 5.08. The lowest BCUT2D eigenvalue weighted by Crippen LogP contribution is -2.11. The van der Waals surface area contributed by atoms with E-state index in [4.69, 9.17) is 0 Å². The first kappa shape index (κ1) is 16.2. The molecule has 0 spiro atoms. The predicted octanol–water partition coefficient (Wildman–Crippen LogP) is 4.85. The fourth-order valence-corrected chi connectivity index (χ4v) is 3.74. The molecule has 0 saturated carbocycles. The van der Waals surface area contributed by atoms with Gasteiger partial charge >= 0.3 is 0 Å². The third kappa shape index (κ3) is 4.63. The number of benzene rings is 2. The Morgan fingerprint density at radius 2 is 2.00 bits per heavy atom. The molecule has 0 unspecified atom stereocenters. The van der Waals surface area contributed by atoms with Crippen LogP contribution in [-0.4, -0.2) is 15.3 Å². The fourth-order valence-electron chi connectivity index (χ4n) is 1.84. The summed E-state index contributed by atoms with van der Waals surface area (Å²) >= 11 is 6.09. The maximum atomic E-state index is 12.2. The molecule has 7 heteroatoms. The van der Waals surface area contributed by atoms with Crippen molar-refractivity contribution < 1.29 is 4.79 Å². The molecule has 0 aliphatic rings. The molecule has 3 aromatic rings. The lowest BCUT2D eigenvalue weighted by atomic mass is 10.2. The van der Waals surface area contributed by atoms with Crippen LogP contribution in [0.25, 0.3) is 0 Å². The normalized spacial score (nSPS) is 10.5. The van der Waals surface area contributed by atoms with Gasteiger partial charge in [-0.3, -0.25) is 10.1 Å².